The molecule has 2 atom stereocenters. The van der Waals surface area contributed by atoms with Gasteiger partial charge in [-0.2, -0.15) is 4.31 Å². The van der Waals surface area contributed by atoms with Gasteiger partial charge < -0.3 is 15.0 Å². The Kier molecular flexibility index (Phi) is 7.18. The van der Waals surface area contributed by atoms with E-state index < -0.39 is 22.1 Å². The molecular weight excluding hydrogens is 456 g/mol. The lowest BCUT2D eigenvalue weighted by Gasteiger charge is -2.30. The number of amides is 2. The van der Waals surface area contributed by atoms with Gasteiger partial charge in [-0.15, -0.1) is 0 Å². The molecule has 2 aliphatic rings. The molecule has 0 saturated carbocycles. The fourth-order valence-electron chi connectivity index (χ4n) is 4.71. The van der Waals surface area contributed by atoms with Crippen molar-refractivity contribution in [2.75, 3.05) is 20.2 Å². The molecule has 1 aromatic heterocycles. The SMILES string of the molecule is COc1ccc(S(=O)(=O)N2CCC[C@H]2C(=O)N2CCC[C@H]2C(=O)NCc2ccccn2)cc1C. The molecule has 182 valence electrons. The van der Waals surface area contributed by atoms with Crippen LogP contribution in [0.5, 0.6) is 5.75 Å². The Morgan fingerprint density at radius 3 is 2.59 bits per heavy atom. The molecule has 1 aromatic carbocycles. The van der Waals surface area contributed by atoms with Gasteiger partial charge in [-0.25, -0.2) is 8.42 Å². The van der Waals surface area contributed by atoms with Gasteiger partial charge in [0.2, 0.25) is 21.8 Å². The van der Waals surface area contributed by atoms with Crippen LogP contribution in [0.3, 0.4) is 0 Å². The van der Waals surface area contributed by atoms with Crippen LogP contribution in [-0.2, 0) is 26.2 Å². The first kappa shape index (κ1) is 24.2. The highest BCUT2D eigenvalue weighted by molar-refractivity contribution is 7.89. The smallest absolute Gasteiger partial charge is 0.243 e. The van der Waals surface area contributed by atoms with E-state index in [0.717, 1.165) is 5.69 Å². The van der Waals surface area contributed by atoms with Crippen LogP contribution in [0.15, 0.2) is 47.5 Å². The number of aryl methyl sites for hydroxylation is 1. The van der Waals surface area contributed by atoms with Crippen LogP contribution in [0, 0.1) is 6.92 Å². The molecule has 0 unspecified atom stereocenters. The molecule has 3 heterocycles. The third-order valence-corrected chi connectivity index (χ3v) is 8.37. The molecule has 2 aromatic rings. The van der Waals surface area contributed by atoms with Crippen LogP contribution >= 0.6 is 0 Å². The van der Waals surface area contributed by atoms with Crippen LogP contribution in [0.2, 0.25) is 0 Å². The maximum absolute atomic E-state index is 13.5. The molecule has 0 radical (unpaired) electrons. The minimum absolute atomic E-state index is 0.136. The van der Waals surface area contributed by atoms with Gasteiger partial charge in [-0.1, -0.05) is 6.07 Å². The van der Waals surface area contributed by atoms with Crippen molar-refractivity contribution in [3.05, 3.63) is 53.9 Å². The number of benzene rings is 1. The average molecular weight is 487 g/mol. The number of aromatic nitrogens is 1. The summed E-state index contributed by atoms with van der Waals surface area (Å²) >= 11 is 0. The van der Waals surface area contributed by atoms with E-state index in [1.54, 1.807) is 36.2 Å². The third kappa shape index (κ3) is 4.78. The second-order valence-electron chi connectivity index (χ2n) is 8.63. The Hall–Kier alpha value is -2.98. The summed E-state index contributed by atoms with van der Waals surface area (Å²) in [6.07, 6.45) is 3.94. The summed E-state index contributed by atoms with van der Waals surface area (Å²) in [7, 11) is -2.34. The first-order valence-electron chi connectivity index (χ1n) is 11.5. The van der Waals surface area contributed by atoms with E-state index in [-0.39, 0.29) is 29.8 Å². The summed E-state index contributed by atoms with van der Waals surface area (Å²) in [5.41, 5.74) is 1.43. The van der Waals surface area contributed by atoms with Crippen molar-refractivity contribution in [1.82, 2.24) is 19.5 Å². The van der Waals surface area contributed by atoms with Gasteiger partial charge in [0.1, 0.15) is 17.8 Å². The lowest BCUT2D eigenvalue weighted by atomic mass is 10.1. The zero-order valence-corrected chi connectivity index (χ0v) is 20.3. The van der Waals surface area contributed by atoms with E-state index in [1.165, 1.54) is 17.5 Å². The number of hydrogen-bond acceptors (Lipinski definition) is 6. The van der Waals surface area contributed by atoms with Gasteiger partial charge >= 0.3 is 0 Å². The van der Waals surface area contributed by atoms with Gasteiger partial charge in [0, 0.05) is 19.3 Å². The highest BCUT2D eigenvalue weighted by atomic mass is 32.2. The predicted molar refractivity (Wildman–Crippen MR) is 125 cm³/mol. The first-order valence-corrected chi connectivity index (χ1v) is 12.9. The lowest BCUT2D eigenvalue weighted by molar-refractivity contribution is -0.140. The van der Waals surface area contributed by atoms with Crippen LogP contribution < -0.4 is 10.1 Å². The molecule has 9 nitrogen and oxygen atoms in total. The van der Waals surface area contributed by atoms with Crippen molar-refractivity contribution < 1.29 is 22.7 Å². The molecule has 2 saturated heterocycles. The Morgan fingerprint density at radius 1 is 1.12 bits per heavy atom. The molecule has 0 spiro atoms. The summed E-state index contributed by atoms with van der Waals surface area (Å²) in [6.45, 7) is 2.77. The second-order valence-corrected chi connectivity index (χ2v) is 10.5. The second kappa shape index (κ2) is 10.1. The quantitative estimate of drug-likeness (QED) is 0.640. The van der Waals surface area contributed by atoms with Crippen molar-refractivity contribution in [3.63, 3.8) is 0 Å². The van der Waals surface area contributed by atoms with Gasteiger partial charge in [0.15, 0.2) is 0 Å². The van der Waals surface area contributed by atoms with Gasteiger partial charge in [-0.3, -0.25) is 14.6 Å². The topological polar surface area (TPSA) is 109 Å². The van der Waals surface area contributed by atoms with Crippen molar-refractivity contribution in [3.8, 4) is 5.75 Å². The minimum atomic E-state index is -3.87. The summed E-state index contributed by atoms with van der Waals surface area (Å²) < 4.78 is 33.4. The molecule has 0 aliphatic carbocycles. The summed E-state index contributed by atoms with van der Waals surface area (Å²) in [5, 5.41) is 2.86. The van der Waals surface area contributed by atoms with Crippen molar-refractivity contribution >= 4 is 21.8 Å². The molecule has 1 N–H and O–H groups in total. The molecule has 10 heteroatoms. The van der Waals surface area contributed by atoms with Crippen LogP contribution in [0.25, 0.3) is 0 Å². The number of rotatable bonds is 7. The van der Waals surface area contributed by atoms with E-state index in [1.807, 2.05) is 12.1 Å². The number of carbonyl (C=O) groups is 2. The molecule has 2 aliphatic heterocycles. The number of ether oxygens (including phenoxy) is 1. The molecule has 4 rings (SSSR count). The largest absolute Gasteiger partial charge is 0.496 e. The van der Waals surface area contributed by atoms with E-state index in [0.29, 0.717) is 43.5 Å². The van der Waals surface area contributed by atoms with Crippen molar-refractivity contribution in [2.45, 2.75) is 56.1 Å². The predicted octanol–water partition coefficient (Wildman–Crippen LogP) is 1.86. The Morgan fingerprint density at radius 2 is 1.88 bits per heavy atom. The average Bonchev–Trinajstić information content (AvgIpc) is 3.53. The summed E-state index contributed by atoms with van der Waals surface area (Å²) in [4.78, 5) is 32.3. The monoisotopic (exact) mass is 486 g/mol. The number of hydrogen-bond donors (Lipinski definition) is 1. The normalized spacial score (nSPS) is 20.9. The van der Waals surface area contributed by atoms with E-state index in [2.05, 4.69) is 10.3 Å². The molecule has 2 fully saturated rings. The van der Waals surface area contributed by atoms with E-state index in [9.17, 15) is 18.0 Å². The molecule has 0 bridgehead atoms. The van der Waals surface area contributed by atoms with Gasteiger partial charge in [0.25, 0.3) is 0 Å². The number of likely N-dealkylation sites (tertiary alicyclic amines) is 1. The number of nitrogens with one attached hydrogen (secondary N) is 1. The lowest BCUT2D eigenvalue weighted by Crippen LogP contribution is -2.52. The standard InChI is InChI=1S/C24H30N4O5S/c1-17-15-19(10-11-22(17)33-2)34(31,32)28-14-6-9-21(28)24(30)27-13-5-8-20(27)23(29)26-16-18-7-3-4-12-25-18/h3-4,7,10-12,15,20-21H,5-6,8-9,13-14,16H2,1-2H3,(H,26,29)/t20-,21-/m0/s1. The van der Waals surface area contributed by atoms with Crippen molar-refractivity contribution in [1.29, 1.82) is 0 Å². The zero-order chi connectivity index (χ0) is 24.3. The summed E-state index contributed by atoms with van der Waals surface area (Å²) in [5.74, 6) is 0.0566. The minimum Gasteiger partial charge on any atom is -0.496 e. The molecule has 34 heavy (non-hydrogen) atoms. The fourth-order valence-corrected chi connectivity index (χ4v) is 6.45. The number of carbonyl (C=O) groups excluding carboxylic acids is 2. The maximum Gasteiger partial charge on any atom is 0.243 e. The van der Waals surface area contributed by atoms with Gasteiger partial charge in [0.05, 0.1) is 24.2 Å². The van der Waals surface area contributed by atoms with Crippen LogP contribution in [-0.4, -0.2) is 66.7 Å². The van der Waals surface area contributed by atoms with Crippen LogP contribution in [0.4, 0.5) is 0 Å². The number of methoxy groups -OCH3 is 1. The number of pyridine rings is 1. The van der Waals surface area contributed by atoms with Gasteiger partial charge in [-0.05, 0) is 68.5 Å². The van der Waals surface area contributed by atoms with Crippen molar-refractivity contribution in [2.24, 2.45) is 0 Å². The van der Waals surface area contributed by atoms with Crippen LogP contribution in [0.1, 0.15) is 36.9 Å². The zero-order valence-electron chi connectivity index (χ0n) is 19.4. The molecule has 2 amide bonds. The highest BCUT2D eigenvalue weighted by Crippen LogP contribution is 2.31. The van der Waals surface area contributed by atoms with E-state index in [4.69, 9.17) is 4.74 Å². The summed E-state index contributed by atoms with van der Waals surface area (Å²) in [6, 6.07) is 8.75. The maximum atomic E-state index is 13.5. The Balaban J connectivity index is 1.48. The Labute approximate surface area is 200 Å². The highest BCUT2D eigenvalue weighted by Gasteiger charge is 2.44. The number of sulfonamides is 1. The number of nitrogens with zero attached hydrogens (tertiary/aromatic N) is 3. The molecular formula is C24H30N4O5S. The third-order valence-electron chi connectivity index (χ3n) is 6.47. The van der Waals surface area contributed by atoms with E-state index >= 15 is 0 Å². The first-order chi connectivity index (χ1) is 16.3. The Bertz CT molecular complexity index is 1160. The fraction of sp³-hybridized carbons (Fsp3) is 0.458.